The van der Waals surface area contributed by atoms with Gasteiger partial charge in [0.1, 0.15) is 5.75 Å². The van der Waals surface area contributed by atoms with Gasteiger partial charge in [0.05, 0.1) is 10.6 Å². The van der Waals surface area contributed by atoms with Crippen LogP contribution in [0.4, 0.5) is 0 Å². The van der Waals surface area contributed by atoms with E-state index in [1.54, 1.807) is 23.9 Å². The largest absolute Gasteiger partial charge is 0.490 e. The van der Waals surface area contributed by atoms with Gasteiger partial charge in [-0.1, -0.05) is 12.1 Å². The maximum Gasteiger partial charge on any atom is 0.251 e. The molecule has 0 atom stereocenters. The van der Waals surface area contributed by atoms with E-state index >= 15 is 0 Å². The predicted octanol–water partition coefficient (Wildman–Crippen LogP) is 4.89. The molecule has 0 fully saturated rings. The van der Waals surface area contributed by atoms with Crippen molar-refractivity contribution < 1.29 is 9.53 Å². The third-order valence-corrected chi connectivity index (χ3v) is 4.53. The van der Waals surface area contributed by atoms with Crippen LogP contribution in [0.1, 0.15) is 29.8 Å². The first-order valence-corrected chi connectivity index (χ1v) is 9.38. The molecule has 5 heteroatoms. The number of nitrogens with one attached hydrogen (secondary N) is 1. The fourth-order valence-corrected chi connectivity index (χ4v) is 2.90. The molecule has 0 radical (unpaired) electrons. The molecule has 2 rings (SSSR count). The first-order valence-electron chi connectivity index (χ1n) is 7.37. The Morgan fingerprint density at radius 3 is 2.48 bits per heavy atom. The first-order chi connectivity index (χ1) is 11.0. The molecule has 0 bridgehead atoms. The summed E-state index contributed by atoms with van der Waals surface area (Å²) in [6.45, 7) is 4.44. The van der Waals surface area contributed by atoms with Crippen LogP contribution in [0.5, 0.6) is 5.75 Å². The lowest BCUT2D eigenvalue weighted by molar-refractivity contribution is 0.0951. The second kappa shape index (κ2) is 8.41. The van der Waals surface area contributed by atoms with Gasteiger partial charge in [0, 0.05) is 17.0 Å². The van der Waals surface area contributed by atoms with Gasteiger partial charge < -0.3 is 10.1 Å². The highest BCUT2D eigenvalue weighted by atomic mass is 79.9. The SMILES string of the molecule is CSc1ccc(CNC(=O)c2ccc(OC(C)C)c(Br)c2)cc1. The van der Waals surface area contributed by atoms with Gasteiger partial charge >= 0.3 is 0 Å². The second-order valence-electron chi connectivity index (χ2n) is 5.34. The molecule has 1 amide bonds. The summed E-state index contributed by atoms with van der Waals surface area (Å²) in [6, 6.07) is 13.5. The number of thioether (sulfide) groups is 1. The Bertz CT molecular complexity index is 671. The van der Waals surface area contributed by atoms with Crippen molar-refractivity contribution in [3.8, 4) is 5.75 Å². The average molecular weight is 394 g/mol. The van der Waals surface area contributed by atoms with E-state index in [9.17, 15) is 4.79 Å². The van der Waals surface area contributed by atoms with Crippen molar-refractivity contribution in [2.75, 3.05) is 6.26 Å². The minimum absolute atomic E-state index is 0.0928. The molecule has 0 heterocycles. The number of rotatable bonds is 6. The number of hydrogen-bond acceptors (Lipinski definition) is 3. The molecule has 0 aliphatic rings. The highest BCUT2D eigenvalue weighted by molar-refractivity contribution is 9.10. The highest BCUT2D eigenvalue weighted by Gasteiger charge is 2.10. The Hall–Kier alpha value is -1.46. The summed E-state index contributed by atoms with van der Waals surface area (Å²) in [4.78, 5) is 13.5. The summed E-state index contributed by atoms with van der Waals surface area (Å²) in [5.41, 5.74) is 1.68. The van der Waals surface area contributed by atoms with E-state index in [4.69, 9.17) is 4.74 Å². The number of hydrogen-bond donors (Lipinski definition) is 1. The fourth-order valence-electron chi connectivity index (χ4n) is 2.02. The molecule has 1 N–H and O–H groups in total. The molecule has 0 aliphatic heterocycles. The first kappa shape index (κ1) is 17.9. The molecule has 0 aliphatic carbocycles. The Balaban J connectivity index is 1.98. The molecule has 2 aromatic rings. The Morgan fingerprint density at radius 1 is 1.22 bits per heavy atom. The Morgan fingerprint density at radius 2 is 1.91 bits per heavy atom. The maximum atomic E-state index is 12.2. The average Bonchev–Trinajstić information content (AvgIpc) is 2.54. The van der Waals surface area contributed by atoms with Gasteiger partial charge in [-0.3, -0.25) is 4.79 Å². The van der Waals surface area contributed by atoms with Gasteiger partial charge in [0.25, 0.3) is 5.91 Å². The van der Waals surface area contributed by atoms with Crippen molar-refractivity contribution in [3.05, 3.63) is 58.1 Å². The van der Waals surface area contributed by atoms with Crippen LogP contribution in [0.25, 0.3) is 0 Å². The molecule has 0 aromatic heterocycles. The summed E-state index contributed by atoms with van der Waals surface area (Å²) in [5.74, 6) is 0.639. The van der Waals surface area contributed by atoms with E-state index in [0.717, 1.165) is 15.8 Å². The summed E-state index contributed by atoms with van der Waals surface area (Å²) in [5, 5.41) is 2.93. The third kappa shape index (κ3) is 5.29. The lowest BCUT2D eigenvalue weighted by Crippen LogP contribution is -2.22. The molecular weight excluding hydrogens is 374 g/mol. The van der Waals surface area contributed by atoms with E-state index in [1.165, 1.54) is 4.90 Å². The number of halogens is 1. The monoisotopic (exact) mass is 393 g/mol. The smallest absolute Gasteiger partial charge is 0.251 e. The quantitative estimate of drug-likeness (QED) is 0.710. The molecule has 2 aromatic carbocycles. The normalized spacial score (nSPS) is 10.7. The minimum atomic E-state index is -0.101. The Labute approximate surface area is 149 Å². The fraction of sp³-hybridized carbons (Fsp3) is 0.278. The molecule has 23 heavy (non-hydrogen) atoms. The number of ether oxygens (including phenoxy) is 1. The zero-order valence-electron chi connectivity index (χ0n) is 13.4. The minimum Gasteiger partial charge on any atom is -0.490 e. The lowest BCUT2D eigenvalue weighted by Gasteiger charge is -2.12. The number of carbonyl (C=O) groups excluding carboxylic acids is 1. The topological polar surface area (TPSA) is 38.3 Å². The Kier molecular flexibility index (Phi) is 6.54. The van der Waals surface area contributed by atoms with E-state index in [1.807, 2.05) is 38.3 Å². The van der Waals surface area contributed by atoms with Gasteiger partial charge in [0.2, 0.25) is 0 Å². The van der Waals surface area contributed by atoms with Crippen LogP contribution in [0, 0.1) is 0 Å². The van der Waals surface area contributed by atoms with E-state index in [-0.39, 0.29) is 12.0 Å². The van der Waals surface area contributed by atoms with E-state index in [0.29, 0.717) is 12.1 Å². The van der Waals surface area contributed by atoms with Crippen molar-refractivity contribution in [3.63, 3.8) is 0 Å². The van der Waals surface area contributed by atoms with Crippen molar-refractivity contribution in [2.24, 2.45) is 0 Å². The van der Waals surface area contributed by atoms with Crippen LogP contribution in [0.15, 0.2) is 51.8 Å². The van der Waals surface area contributed by atoms with Gasteiger partial charge in [0.15, 0.2) is 0 Å². The van der Waals surface area contributed by atoms with Gasteiger partial charge in [-0.05, 0) is 71.9 Å². The summed E-state index contributed by atoms with van der Waals surface area (Å²) >= 11 is 5.15. The summed E-state index contributed by atoms with van der Waals surface area (Å²) in [7, 11) is 0. The molecule has 0 saturated carbocycles. The third-order valence-electron chi connectivity index (χ3n) is 3.17. The number of benzene rings is 2. The predicted molar refractivity (Wildman–Crippen MR) is 99.3 cm³/mol. The summed E-state index contributed by atoms with van der Waals surface area (Å²) < 4.78 is 6.43. The van der Waals surface area contributed by atoms with Gasteiger partial charge in [-0.2, -0.15) is 0 Å². The molecule has 122 valence electrons. The van der Waals surface area contributed by atoms with Gasteiger partial charge in [-0.15, -0.1) is 11.8 Å². The van der Waals surface area contributed by atoms with Crippen LogP contribution in [0.2, 0.25) is 0 Å². The molecule has 0 spiro atoms. The zero-order valence-corrected chi connectivity index (χ0v) is 15.8. The zero-order chi connectivity index (χ0) is 16.8. The van der Waals surface area contributed by atoms with Gasteiger partial charge in [-0.25, -0.2) is 0 Å². The lowest BCUT2D eigenvalue weighted by atomic mass is 10.2. The van der Waals surface area contributed by atoms with E-state index in [2.05, 4.69) is 33.4 Å². The van der Waals surface area contributed by atoms with Crippen LogP contribution >= 0.6 is 27.7 Å². The maximum absolute atomic E-state index is 12.2. The standard InChI is InChI=1S/C18H20BrNO2S/c1-12(2)22-17-9-6-14(10-16(17)19)18(21)20-11-13-4-7-15(23-3)8-5-13/h4-10,12H,11H2,1-3H3,(H,20,21). The molecule has 0 saturated heterocycles. The molecule has 0 unspecified atom stereocenters. The van der Waals surface area contributed by atoms with Crippen LogP contribution in [-0.4, -0.2) is 18.3 Å². The number of carbonyl (C=O) groups is 1. The molecule has 3 nitrogen and oxygen atoms in total. The van der Waals surface area contributed by atoms with Crippen molar-refractivity contribution in [1.29, 1.82) is 0 Å². The summed E-state index contributed by atoms with van der Waals surface area (Å²) in [6.07, 6.45) is 2.14. The number of amides is 1. The van der Waals surface area contributed by atoms with Crippen molar-refractivity contribution >= 4 is 33.6 Å². The van der Waals surface area contributed by atoms with E-state index < -0.39 is 0 Å². The van der Waals surface area contributed by atoms with Crippen LogP contribution in [-0.2, 0) is 6.54 Å². The second-order valence-corrected chi connectivity index (χ2v) is 7.08. The van der Waals surface area contributed by atoms with Crippen LogP contribution in [0.3, 0.4) is 0 Å². The highest BCUT2D eigenvalue weighted by Crippen LogP contribution is 2.27. The molecular formula is C18H20BrNO2S. The van der Waals surface area contributed by atoms with Crippen molar-refractivity contribution in [2.45, 2.75) is 31.4 Å². The van der Waals surface area contributed by atoms with Crippen molar-refractivity contribution in [1.82, 2.24) is 5.32 Å². The van der Waals surface area contributed by atoms with Crippen LogP contribution < -0.4 is 10.1 Å².